The van der Waals surface area contributed by atoms with Crippen LogP contribution in [0.15, 0.2) is 158 Å². The molecule has 0 saturated carbocycles. The maximum absolute atomic E-state index is 2.57. The highest BCUT2D eigenvalue weighted by molar-refractivity contribution is 7.05. The van der Waals surface area contributed by atoms with Gasteiger partial charge in [0.25, 0.3) is 0 Å². The molecule has 2 nitrogen and oxygen atoms in total. The van der Waals surface area contributed by atoms with Crippen LogP contribution < -0.4 is 30.5 Å². The summed E-state index contributed by atoms with van der Waals surface area (Å²) in [5.74, 6) is 0. The third-order valence-corrected chi connectivity index (χ3v) is 20.2. The second kappa shape index (κ2) is 13.3. The van der Waals surface area contributed by atoms with Crippen LogP contribution in [-0.2, 0) is 0 Å². The monoisotopic (exact) mass is 782 g/mol. The maximum atomic E-state index is 2.57. The number of rotatable bonds is 6. The maximum Gasteiger partial charge on any atom is 0.113 e. The van der Waals surface area contributed by atoms with Crippen molar-refractivity contribution < 1.29 is 0 Å². The Hall–Kier alpha value is -5.95. The van der Waals surface area contributed by atoms with Gasteiger partial charge in [-0.2, -0.15) is 0 Å². The zero-order valence-electron chi connectivity index (χ0n) is 34.9. The van der Waals surface area contributed by atoms with E-state index in [0.29, 0.717) is 0 Å². The zero-order chi connectivity index (χ0) is 40.1. The Kier molecular flexibility index (Phi) is 8.35. The van der Waals surface area contributed by atoms with Crippen molar-refractivity contribution in [1.82, 2.24) is 0 Å². The van der Waals surface area contributed by atoms with Crippen LogP contribution in [-0.4, -0.2) is 16.1 Å². The van der Waals surface area contributed by atoms with Crippen LogP contribution in [0.4, 0.5) is 34.1 Å². The van der Waals surface area contributed by atoms with E-state index < -0.39 is 16.1 Å². The van der Waals surface area contributed by atoms with E-state index in [0.717, 1.165) is 0 Å². The van der Waals surface area contributed by atoms with Gasteiger partial charge >= 0.3 is 0 Å². The summed E-state index contributed by atoms with van der Waals surface area (Å²) in [5, 5.41) is 9.12. The molecule has 0 aliphatic carbocycles. The summed E-state index contributed by atoms with van der Waals surface area (Å²) in [5.41, 5.74) is 17.8. The number of anilines is 6. The van der Waals surface area contributed by atoms with Crippen LogP contribution in [0, 0.1) is 27.7 Å². The van der Waals surface area contributed by atoms with Crippen molar-refractivity contribution in [3.05, 3.63) is 180 Å². The lowest BCUT2D eigenvalue weighted by molar-refractivity contribution is 1.27. The molecule has 0 unspecified atom stereocenters. The van der Waals surface area contributed by atoms with Gasteiger partial charge in [0.2, 0.25) is 0 Å². The van der Waals surface area contributed by atoms with E-state index in [2.05, 4.69) is 221 Å². The van der Waals surface area contributed by atoms with E-state index in [9.17, 15) is 0 Å². The van der Waals surface area contributed by atoms with Gasteiger partial charge in [0, 0.05) is 34.1 Å². The fourth-order valence-corrected chi connectivity index (χ4v) is 15.9. The number of hydrogen-bond donors (Lipinski definition) is 0. The van der Waals surface area contributed by atoms with Crippen LogP contribution in [0.3, 0.4) is 0 Å². The van der Waals surface area contributed by atoms with Gasteiger partial charge in [-0.3, -0.25) is 0 Å². The molecule has 4 heteroatoms. The number of fused-ring (bicyclic) bond motifs is 4. The summed E-state index contributed by atoms with van der Waals surface area (Å²) in [4.78, 5) is 4.86. The second-order valence-electron chi connectivity index (χ2n) is 17.8. The van der Waals surface area contributed by atoms with Gasteiger partial charge in [-0.25, -0.2) is 0 Å². The first-order chi connectivity index (χ1) is 27.9. The molecule has 0 amide bonds. The van der Waals surface area contributed by atoms with Crippen molar-refractivity contribution in [2.75, 3.05) is 9.80 Å². The molecule has 0 N–H and O–H groups in total. The zero-order valence-corrected chi connectivity index (χ0v) is 36.9. The highest BCUT2D eigenvalue weighted by Crippen LogP contribution is 2.44. The van der Waals surface area contributed by atoms with Crippen LogP contribution in [0.1, 0.15) is 22.3 Å². The van der Waals surface area contributed by atoms with Gasteiger partial charge < -0.3 is 9.80 Å². The second-order valence-corrected chi connectivity index (χ2v) is 26.4. The molecule has 2 aliphatic rings. The van der Waals surface area contributed by atoms with Crippen LogP contribution in [0.5, 0.6) is 0 Å². The van der Waals surface area contributed by atoms with Crippen LogP contribution in [0.25, 0.3) is 33.0 Å². The first-order valence-electron chi connectivity index (χ1n) is 20.7. The third kappa shape index (κ3) is 5.65. The van der Waals surface area contributed by atoms with Gasteiger partial charge in [0.1, 0.15) is 16.1 Å². The fraction of sp³-hybridized carbons (Fsp3) is 0.148. The molecular formula is C54H50N2Si2. The lowest BCUT2D eigenvalue weighted by atomic mass is 9.90. The number of hydrogen-bond acceptors (Lipinski definition) is 2. The molecule has 8 aromatic rings. The molecule has 0 fully saturated rings. The van der Waals surface area contributed by atoms with Gasteiger partial charge in [-0.05, 0) is 154 Å². The van der Waals surface area contributed by atoms with Crippen LogP contribution in [0.2, 0.25) is 26.2 Å². The van der Waals surface area contributed by atoms with E-state index in [1.165, 1.54) is 99.8 Å². The quantitative estimate of drug-likeness (QED) is 0.155. The molecule has 58 heavy (non-hydrogen) atoms. The first-order valence-corrected chi connectivity index (χ1v) is 26.7. The topological polar surface area (TPSA) is 6.48 Å². The normalized spacial score (nSPS) is 14.1. The molecule has 2 heterocycles. The predicted molar refractivity (Wildman–Crippen MR) is 257 cm³/mol. The Morgan fingerprint density at radius 1 is 0.276 bits per heavy atom. The smallest absolute Gasteiger partial charge is 0.113 e. The van der Waals surface area contributed by atoms with E-state index >= 15 is 0 Å². The average molecular weight is 783 g/mol. The van der Waals surface area contributed by atoms with E-state index in [1.807, 2.05) is 0 Å². The fourth-order valence-electron chi connectivity index (χ4n) is 9.79. The predicted octanol–water partition coefficient (Wildman–Crippen LogP) is 12.6. The van der Waals surface area contributed by atoms with Crippen molar-refractivity contribution in [3.63, 3.8) is 0 Å². The molecule has 8 aromatic carbocycles. The lowest BCUT2D eigenvalue weighted by Crippen LogP contribution is -2.59. The van der Waals surface area contributed by atoms with Gasteiger partial charge in [-0.1, -0.05) is 133 Å². The minimum Gasteiger partial charge on any atom is -0.311 e. The van der Waals surface area contributed by atoms with Gasteiger partial charge in [-0.15, -0.1) is 0 Å². The summed E-state index contributed by atoms with van der Waals surface area (Å²) in [7, 11) is -4.31. The molecule has 0 radical (unpaired) electrons. The Balaban J connectivity index is 1.13. The number of aryl methyl sites for hydroxylation is 4. The molecule has 0 atom stereocenters. The molecular weight excluding hydrogens is 733 g/mol. The average Bonchev–Trinajstić information content (AvgIpc) is 3.22. The summed E-state index contributed by atoms with van der Waals surface area (Å²) in [6.45, 7) is 18.9. The highest BCUT2D eigenvalue weighted by atomic mass is 28.3. The summed E-state index contributed by atoms with van der Waals surface area (Å²) in [6.07, 6.45) is 0. The minimum absolute atomic E-state index is 1.18. The Morgan fingerprint density at radius 3 is 0.828 bits per heavy atom. The summed E-state index contributed by atoms with van der Waals surface area (Å²) < 4.78 is 0. The Labute approximate surface area is 346 Å². The Bertz CT molecular complexity index is 2610. The molecule has 0 spiro atoms. The molecule has 284 valence electrons. The minimum atomic E-state index is -2.16. The third-order valence-electron chi connectivity index (χ3n) is 13.1. The van der Waals surface area contributed by atoms with Crippen molar-refractivity contribution in [3.8, 4) is 22.3 Å². The number of nitrogens with zero attached hydrogens (tertiary/aromatic N) is 2. The standard InChI is InChI=1S/C54H50N2Si2/c1-35-9-17-39(18-10-35)55(40-19-11-36(2)12-20-40)43-25-27-45-47-29-30-48-46-28-26-44(56(41-21-13-37(3)14-22-41)42-23-15-38(4)16-24-42)34-52(46)58(7,8)50-32-31-49(53(47)54(48)50)57(5,6)51(45)33-43/h9-34H,1-8H3. The molecule has 0 bridgehead atoms. The van der Waals surface area contributed by atoms with E-state index in [-0.39, 0.29) is 0 Å². The first kappa shape index (κ1) is 36.4. The molecule has 10 rings (SSSR count). The summed E-state index contributed by atoms with van der Waals surface area (Å²) in [6, 6.07) is 60.4. The van der Waals surface area contributed by atoms with E-state index in [1.54, 1.807) is 10.4 Å². The highest BCUT2D eigenvalue weighted by Gasteiger charge is 2.42. The van der Waals surface area contributed by atoms with Crippen molar-refractivity contribution in [1.29, 1.82) is 0 Å². The van der Waals surface area contributed by atoms with Crippen molar-refractivity contribution in [2.24, 2.45) is 0 Å². The largest absolute Gasteiger partial charge is 0.311 e. The summed E-state index contributed by atoms with van der Waals surface area (Å²) >= 11 is 0. The Morgan fingerprint density at radius 2 is 0.534 bits per heavy atom. The molecule has 0 saturated heterocycles. The lowest BCUT2D eigenvalue weighted by Gasteiger charge is -2.40. The number of benzene rings is 8. The van der Waals surface area contributed by atoms with Gasteiger partial charge in [0.15, 0.2) is 0 Å². The molecule has 0 aromatic heterocycles. The van der Waals surface area contributed by atoms with Gasteiger partial charge in [0.05, 0.1) is 0 Å². The van der Waals surface area contributed by atoms with Crippen LogP contribution >= 0.6 is 0 Å². The van der Waals surface area contributed by atoms with E-state index in [4.69, 9.17) is 0 Å². The molecule has 2 aliphatic heterocycles. The SMILES string of the molecule is Cc1ccc(N(c2ccc(C)cc2)c2ccc3c(c2)[Si](C)(C)c2ccc4c5c(ccc-3c25)-c2ccc(N(c3ccc(C)cc3)c3ccc(C)cc3)cc2[Si]4(C)C)cc1. The van der Waals surface area contributed by atoms with Crippen molar-refractivity contribution >= 4 is 81.8 Å². The van der Waals surface area contributed by atoms with Crippen molar-refractivity contribution in [2.45, 2.75) is 53.9 Å².